The first-order valence-electron chi connectivity index (χ1n) is 7.95. The van der Waals surface area contributed by atoms with Crippen molar-refractivity contribution in [1.82, 2.24) is 0 Å². The summed E-state index contributed by atoms with van der Waals surface area (Å²) >= 11 is 0. The molecule has 0 rings (SSSR count). The maximum absolute atomic E-state index is 12.4. The molecule has 0 heterocycles. The molecule has 0 aromatic rings. The van der Waals surface area contributed by atoms with Gasteiger partial charge in [0.15, 0.2) is 0 Å². The van der Waals surface area contributed by atoms with E-state index in [0.29, 0.717) is 39.6 Å². The molecule has 134 valence electrons. The molecular weight excluding hydrogens is 311 g/mol. The van der Waals surface area contributed by atoms with Crippen LogP contribution in [-0.2, 0) is 32.3 Å². The number of hydrogen-bond acceptors (Lipinski definition) is 7. The molecular formula is C14H31O7P. The summed E-state index contributed by atoms with van der Waals surface area (Å²) in [6, 6.07) is 0. The zero-order valence-corrected chi connectivity index (χ0v) is 15.0. The number of ether oxygens (including phenoxy) is 3. The minimum absolute atomic E-state index is 0.149. The molecule has 0 aromatic heterocycles. The second-order valence-electron chi connectivity index (χ2n) is 4.31. The normalized spacial score (nSPS) is 12.0. The van der Waals surface area contributed by atoms with E-state index in [-0.39, 0.29) is 19.8 Å². The Bertz CT molecular complexity index is 260. The van der Waals surface area contributed by atoms with E-state index in [0.717, 1.165) is 12.8 Å². The van der Waals surface area contributed by atoms with Gasteiger partial charge in [-0.2, -0.15) is 0 Å². The van der Waals surface area contributed by atoms with Crippen LogP contribution in [0.15, 0.2) is 0 Å². The second-order valence-corrected chi connectivity index (χ2v) is 5.98. The Morgan fingerprint density at radius 3 is 1.50 bits per heavy atom. The lowest BCUT2D eigenvalue weighted by molar-refractivity contribution is 0.0365. The molecule has 0 unspecified atom stereocenters. The Hall–Kier alpha value is -0.0100. The van der Waals surface area contributed by atoms with Crippen molar-refractivity contribution in [2.24, 2.45) is 0 Å². The molecule has 22 heavy (non-hydrogen) atoms. The highest BCUT2D eigenvalue weighted by molar-refractivity contribution is 7.48. The van der Waals surface area contributed by atoms with Crippen LogP contribution in [-0.4, -0.2) is 59.5 Å². The fraction of sp³-hybridized carbons (Fsp3) is 1.00. The van der Waals surface area contributed by atoms with Gasteiger partial charge in [0, 0.05) is 19.8 Å². The van der Waals surface area contributed by atoms with Crippen LogP contribution in [0.1, 0.15) is 33.6 Å². The monoisotopic (exact) mass is 342 g/mol. The van der Waals surface area contributed by atoms with Gasteiger partial charge in [-0.1, -0.05) is 13.3 Å². The van der Waals surface area contributed by atoms with E-state index >= 15 is 0 Å². The van der Waals surface area contributed by atoms with Crippen LogP contribution >= 0.6 is 7.82 Å². The van der Waals surface area contributed by atoms with Gasteiger partial charge in [0.1, 0.15) is 0 Å². The lowest BCUT2D eigenvalue weighted by Gasteiger charge is -2.18. The van der Waals surface area contributed by atoms with Gasteiger partial charge in [0.25, 0.3) is 0 Å². The third-order valence-electron chi connectivity index (χ3n) is 2.48. The van der Waals surface area contributed by atoms with Gasteiger partial charge in [-0.15, -0.1) is 0 Å². The van der Waals surface area contributed by atoms with Crippen molar-refractivity contribution in [1.29, 1.82) is 0 Å². The van der Waals surface area contributed by atoms with Gasteiger partial charge in [-0.25, -0.2) is 4.57 Å². The average Bonchev–Trinajstić information content (AvgIpc) is 2.52. The summed E-state index contributed by atoms with van der Waals surface area (Å²) in [7, 11) is -3.60. The molecule has 0 bridgehead atoms. The van der Waals surface area contributed by atoms with E-state index in [4.69, 9.17) is 27.8 Å². The third kappa shape index (κ3) is 13.6. The quantitative estimate of drug-likeness (QED) is 0.297. The molecule has 0 aromatic carbocycles. The first-order chi connectivity index (χ1) is 10.7. The molecule has 0 fully saturated rings. The van der Waals surface area contributed by atoms with Crippen LogP contribution in [0.2, 0.25) is 0 Å². The van der Waals surface area contributed by atoms with E-state index in [1.54, 1.807) is 0 Å². The van der Waals surface area contributed by atoms with Crippen LogP contribution in [0.3, 0.4) is 0 Å². The van der Waals surface area contributed by atoms with Crippen LogP contribution in [0, 0.1) is 0 Å². The molecule has 0 N–H and O–H groups in total. The zero-order valence-electron chi connectivity index (χ0n) is 14.1. The molecule has 0 amide bonds. The highest BCUT2D eigenvalue weighted by atomic mass is 31.2. The topological polar surface area (TPSA) is 72.5 Å². The van der Waals surface area contributed by atoms with Gasteiger partial charge in [0.2, 0.25) is 0 Å². The molecule has 7 nitrogen and oxygen atoms in total. The van der Waals surface area contributed by atoms with E-state index in [9.17, 15) is 4.57 Å². The minimum Gasteiger partial charge on any atom is -0.379 e. The predicted octanol–water partition coefficient (Wildman–Crippen LogP) is 3.03. The Kier molecular flexibility index (Phi) is 15.9. The molecule has 0 aliphatic carbocycles. The van der Waals surface area contributed by atoms with E-state index in [1.165, 1.54) is 0 Å². The second kappa shape index (κ2) is 15.9. The number of unbranched alkanes of at least 4 members (excludes halogenated alkanes) is 1. The molecule has 0 radical (unpaired) electrons. The highest BCUT2D eigenvalue weighted by Crippen LogP contribution is 2.49. The number of phosphoric ester groups is 1. The highest BCUT2D eigenvalue weighted by Gasteiger charge is 2.26. The summed E-state index contributed by atoms with van der Waals surface area (Å²) in [5, 5.41) is 0. The van der Waals surface area contributed by atoms with Gasteiger partial charge in [-0.3, -0.25) is 13.6 Å². The summed E-state index contributed by atoms with van der Waals surface area (Å²) in [5.74, 6) is 0. The average molecular weight is 342 g/mol. The third-order valence-corrected chi connectivity index (χ3v) is 3.98. The smallest absolute Gasteiger partial charge is 0.379 e. The number of rotatable bonds is 17. The van der Waals surface area contributed by atoms with Crippen molar-refractivity contribution in [3.8, 4) is 0 Å². The van der Waals surface area contributed by atoms with Crippen molar-refractivity contribution in [3.05, 3.63) is 0 Å². The lowest BCUT2D eigenvalue weighted by atomic mass is 10.4. The van der Waals surface area contributed by atoms with Gasteiger partial charge < -0.3 is 14.2 Å². The van der Waals surface area contributed by atoms with Crippen LogP contribution in [0.4, 0.5) is 0 Å². The summed E-state index contributed by atoms with van der Waals surface area (Å²) < 4.78 is 43.7. The van der Waals surface area contributed by atoms with Crippen LogP contribution < -0.4 is 0 Å². The minimum atomic E-state index is -3.60. The summed E-state index contributed by atoms with van der Waals surface area (Å²) in [6.45, 7) is 9.15. The van der Waals surface area contributed by atoms with E-state index in [1.807, 2.05) is 13.8 Å². The number of hydrogen-bond donors (Lipinski definition) is 0. The number of phosphoric acid groups is 1. The molecule has 0 aliphatic rings. The van der Waals surface area contributed by atoms with Crippen molar-refractivity contribution in [3.63, 3.8) is 0 Å². The largest absolute Gasteiger partial charge is 0.475 e. The molecule has 0 saturated heterocycles. The lowest BCUT2D eigenvalue weighted by Crippen LogP contribution is -2.11. The molecule has 8 heteroatoms. The standard InChI is InChI=1S/C14H31O7P/c1-4-7-8-18-11-14-21-22(15,19-12-9-16-5-2)20-13-10-17-6-3/h4-14H2,1-3H3. The Morgan fingerprint density at radius 1 is 0.636 bits per heavy atom. The van der Waals surface area contributed by atoms with Gasteiger partial charge in [0.05, 0.1) is 39.6 Å². The summed E-state index contributed by atoms with van der Waals surface area (Å²) in [4.78, 5) is 0. The maximum atomic E-state index is 12.4. The fourth-order valence-electron chi connectivity index (χ4n) is 1.37. The maximum Gasteiger partial charge on any atom is 0.475 e. The molecule has 0 aliphatic heterocycles. The van der Waals surface area contributed by atoms with Crippen LogP contribution in [0.25, 0.3) is 0 Å². The van der Waals surface area contributed by atoms with Crippen molar-refractivity contribution >= 4 is 7.82 Å². The Labute approximate surface area is 134 Å². The Balaban J connectivity index is 3.99. The zero-order chi connectivity index (χ0) is 16.5. The molecule has 0 spiro atoms. The first kappa shape index (κ1) is 22.0. The van der Waals surface area contributed by atoms with Crippen molar-refractivity contribution in [2.75, 3.05) is 59.5 Å². The molecule has 0 saturated carbocycles. The summed E-state index contributed by atoms with van der Waals surface area (Å²) in [6.07, 6.45) is 2.06. The van der Waals surface area contributed by atoms with E-state index in [2.05, 4.69) is 6.92 Å². The van der Waals surface area contributed by atoms with Crippen molar-refractivity contribution < 1.29 is 32.3 Å². The Morgan fingerprint density at radius 2 is 1.09 bits per heavy atom. The van der Waals surface area contributed by atoms with Crippen LogP contribution in [0.5, 0.6) is 0 Å². The first-order valence-corrected chi connectivity index (χ1v) is 9.41. The van der Waals surface area contributed by atoms with Gasteiger partial charge >= 0.3 is 7.82 Å². The van der Waals surface area contributed by atoms with E-state index < -0.39 is 7.82 Å². The van der Waals surface area contributed by atoms with Gasteiger partial charge in [-0.05, 0) is 20.3 Å². The predicted molar refractivity (Wildman–Crippen MR) is 84.2 cm³/mol. The SMILES string of the molecule is CCCCOCCOP(=O)(OCCOCC)OCCOCC. The summed E-state index contributed by atoms with van der Waals surface area (Å²) in [5.41, 5.74) is 0. The van der Waals surface area contributed by atoms with Crippen molar-refractivity contribution in [2.45, 2.75) is 33.6 Å². The molecule has 0 atom stereocenters. The fourth-order valence-corrected chi connectivity index (χ4v) is 2.49.